The van der Waals surface area contributed by atoms with E-state index in [1.165, 1.54) is 0 Å². The first-order valence-electron chi connectivity index (χ1n) is 8.96. The van der Waals surface area contributed by atoms with Crippen molar-refractivity contribution < 1.29 is 4.79 Å². The molecular weight excluding hydrogens is 332 g/mol. The molecule has 3 nitrogen and oxygen atoms in total. The van der Waals surface area contributed by atoms with Gasteiger partial charge in [-0.2, -0.15) is 0 Å². The molecule has 4 rings (SSSR count). The second-order valence-electron chi connectivity index (χ2n) is 6.40. The fourth-order valence-corrected chi connectivity index (χ4v) is 3.12. The van der Waals surface area contributed by atoms with E-state index in [2.05, 4.69) is 10.6 Å². The molecule has 0 amide bonds. The van der Waals surface area contributed by atoms with Crippen LogP contribution in [0.15, 0.2) is 108 Å². The van der Waals surface area contributed by atoms with Gasteiger partial charge in [-0.1, -0.05) is 66.7 Å². The Hall–Kier alpha value is -3.59. The van der Waals surface area contributed by atoms with E-state index in [1.54, 1.807) is 0 Å². The SMILES string of the molecule is O=C1C(Nc2ccccc2)=C[C@@H](Nc2ccccc2)/C1=C\c1ccccc1. The summed E-state index contributed by atoms with van der Waals surface area (Å²) in [6, 6.07) is 29.4. The predicted molar refractivity (Wildman–Crippen MR) is 111 cm³/mol. The van der Waals surface area contributed by atoms with Gasteiger partial charge < -0.3 is 10.6 Å². The molecule has 0 heterocycles. The summed E-state index contributed by atoms with van der Waals surface area (Å²) >= 11 is 0. The maximum absolute atomic E-state index is 13.1. The molecule has 0 unspecified atom stereocenters. The minimum Gasteiger partial charge on any atom is -0.374 e. The Morgan fingerprint density at radius 3 is 1.89 bits per heavy atom. The summed E-state index contributed by atoms with van der Waals surface area (Å²) in [5.74, 6) is 0.0103. The van der Waals surface area contributed by atoms with Crippen LogP contribution in [0, 0.1) is 0 Å². The molecule has 0 saturated carbocycles. The first-order valence-corrected chi connectivity index (χ1v) is 8.96. The van der Waals surface area contributed by atoms with E-state index >= 15 is 0 Å². The number of ketones is 1. The molecule has 1 aliphatic carbocycles. The topological polar surface area (TPSA) is 41.1 Å². The number of allylic oxidation sites excluding steroid dienone is 1. The predicted octanol–water partition coefficient (Wildman–Crippen LogP) is 5.13. The van der Waals surface area contributed by atoms with Gasteiger partial charge in [-0.05, 0) is 42.0 Å². The van der Waals surface area contributed by atoms with Crippen LogP contribution in [-0.4, -0.2) is 11.8 Å². The molecule has 0 radical (unpaired) electrons. The number of nitrogens with one attached hydrogen (secondary N) is 2. The van der Waals surface area contributed by atoms with Gasteiger partial charge >= 0.3 is 0 Å². The Balaban J connectivity index is 1.66. The summed E-state index contributed by atoms with van der Waals surface area (Å²) in [4.78, 5) is 13.1. The maximum Gasteiger partial charge on any atom is 0.207 e. The largest absolute Gasteiger partial charge is 0.374 e. The van der Waals surface area contributed by atoms with Crippen molar-refractivity contribution in [1.29, 1.82) is 0 Å². The van der Waals surface area contributed by atoms with Crippen molar-refractivity contribution in [2.24, 2.45) is 0 Å². The number of rotatable bonds is 5. The summed E-state index contributed by atoms with van der Waals surface area (Å²) < 4.78 is 0. The van der Waals surface area contributed by atoms with Gasteiger partial charge in [-0.3, -0.25) is 4.79 Å². The number of carbonyl (C=O) groups is 1. The van der Waals surface area contributed by atoms with Crippen molar-refractivity contribution in [3.05, 3.63) is 114 Å². The number of anilines is 2. The van der Waals surface area contributed by atoms with E-state index in [1.807, 2.05) is 103 Å². The molecule has 0 aliphatic heterocycles. The van der Waals surface area contributed by atoms with Crippen molar-refractivity contribution in [3.8, 4) is 0 Å². The van der Waals surface area contributed by atoms with Crippen molar-refractivity contribution in [2.75, 3.05) is 10.6 Å². The highest BCUT2D eigenvalue weighted by Gasteiger charge is 2.30. The van der Waals surface area contributed by atoms with Gasteiger partial charge in [0, 0.05) is 16.9 Å². The molecule has 1 aliphatic rings. The van der Waals surface area contributed by atoms with Crippen molar-refractivity contribution in [2.45, 2.75) is 6.04 Å². The average Bonchev–Trinajstić information content (AvgIpc) is 2.99. The minimum absolute atomic E-state index is 0.0103. The molecule has 27 heavy (non-hydrogen) atoms. The quantitative estimate of drug-likeness (QED) is 0.626. The third-order valence-electron chi connectivity index (χ3n) is 4.45. The monoisotopic (exact) mass is 352 g/mol. The molecule has 0 spiro atoms. The van der Waals surface area contributed by atoms with Gasteiger partial charge in [0.2, 0.25) is 5.78 Å². The normalized spacial score (nSPS) is 17.6. The summed E-state index contributed by atoms with van der Waals surface area (Å²) in [5.41, 5.74) is 4.21. The smallest absolute Gasteiger partial charge is 0.207 e. The van der Waals surface area contributed by atoms with E-state index in [0.29, 0.717) is 5.70 Å². The number of Topliss-reactive ketones (excluding diaryl/α,β-unsaturated/α-hetero) is 1. The second-order valence-corrected chi connectivity index (χ2v) is 6.40. The molecule has 3 aromatic carbocycles. The molecule has 132 valence electrons. The van der Waals surface area contributed by atoms with Crippen molar-refractivity contribution >= 4 is 23.2 Å². The lowest BCUT2D eigenvalue weighted by molar-refractivity contribution is -0.111. The Bertz CT molecular complexity index is 977. The van der Waals surface area contributed by atoms with Crippen LogP contribution in [0.25, 0.3) is 6.08 Å². The summed E-state index contributed by atoms with van der Waals surface area (Å²) in [5, 5.41) is 6.70. The zero-order valence-corrected chi connectivity index (χ0v) is 14.8. The fourth-order valence-electron chi connectivity index (χ4n) is 3.12. The Morgan fingerprint density at radius 1 is 0.704 bits per heavy atom. The molecule has 2 N–H and O–H groups in total. The molecule has 3 heteroatoms. The van der Waals surface area contributed by atoms with E-state index < -0.39 is 0 Å². The molecular formula is C24H20N2O. The third kappa shape index (κ3) is 3.98. The van der Waals surface area contributed by atoms with Crippen LogP contribution in [0.1, 0.15) is 5.56 Å². The highest BCUT2D eigenvalue weighted by atomic mass is 16.1. The van der Waals surface area contributed by atoms with Crippen LogP contribution in [0.3, 0.4) is 0 Å². The molecule has 0 bridgehead atoms. The lowest BCUT2D eigenvalue weighted by atomic mass is 10.0. The van der Waals surface area contributed by atoms with E-state index in [9.17, 15) is 4.79 Å². The zero-order chi connectivity index (χ0) is 18.5. The van der Waals surface area contributed by atoms with Gasteiger partial charge in [0.1, 0.15) is 0 Å². The van der Waals surface area contributed by atoms with Crippen LogP contribution in [0.2, 0.25) is 0 Å². The molecule has 3 aromatic rings. The lowest BCUT2D eigenvalue weighted by Gasteiger charge is -2.14. The number of hydrogen-bond acceptors (Lipinski definition) is 3. The van der Waals surface area contributed by atoms with Crippen molar-refractivity contribution in [1.82, 2.24) is 0 Å². The first-order chi connectivity index (χ1) is 13.3. The van der Waals surface area contributed by atoms with Gasteiger partial charge in [0.15, 0.2) is 0 Å². The van der Waals surface area contributed by atoms with Crippen molar-refractivity contribution in [3.63, 3.8) is 0 Å². The molecule has 1 atom stereocenters. The highest BCUT2D eigenvalue weighted by Crippen LogP contribution is 2.27. The third-order valence-corrected chi connectivity index (χ3v) is 4.45. The zero-order valence-electron chi connectivity index (χ0n) is 14.8. The lowest BCUT2D eigenvalue weighted by Crippen LogP contribution is -2.19. The van der Waals surface area contributed by atoms with Gasteiger partial charge in [0.05, 0.1) is 11.7 Å². The number of carbonyl (C=O) groups excluding carboxylic acids is 1. The summed E-state index contributed by atoms with van der Waals surface area (Å²) in [6.45, 7) is 0. The number of benzene rings is 3. The standard InChI is InChI=1S/C24H20N2O/c27-24-21(16-18-10-4-1-5-11-18)22(25-19-12-6-2-7-13-19)17-23(24)26-20-14-8-3-9-15-20/h1-17,22,25-26H/b21-16+/t22-/m1/s1. The first kappa shape index (κ1) is 16.9. The van der Waals surface area contributed by atoms with E-state index in [4.69, 9.17) is 0 Å². The Morgan fingerprint density at radius 2 is 1.26 bits per heavy atom. The second kappa shape index (κ2) is 7.75. The fraction of sp³-hybridized carbons (Fsp3) is 0.0417. The van der Waals surface area contributed by atoms with E-state index in [-0.39, 0.29) is 11.8 Å². The van der Waals surface area contributed by atoms with Crippen LogP contribution in [-0.2, 0) is 4.79 Å². The Labute approximate surface area is 159 Å². The van der Waals surface area contributed by atoms with Crippen LogP contribution in [0.5, 0.6) is 0 Å². The van der Waals surface area contributed by atoms with Crippen LogP contribution >= 0.6 is 0 Å². The van der Waals surface area contributed by atoms with Gasteiger partial charge in [-0.25, -0.2) is 0 Å². The highest BCUT2D eigenvalue weighted by molar-refractivity contribution is 6.16. The van der Waals surface area contributed by atoms with Crippen LogP contribution in [0.4, 0.5) is 11.4 Å². The van der Waals surface area contributed by atoms with Crippen LogP contribution < -0.4 is 10.6 Å². The maximum atomic E-state index is 13.1. The van der Waals surface area contributed by atoms with E-state index in [0.717, 1.165) is 22.5 Å². The summed E-state index contributed by atoms with van der Waals surface area (Å²) in [7, 11) is 0. The number of para-hydroxylation sites is 2. The molecule has 0 fully saturated rings. The summed E-state index contributed by atoms with van der Waals surface area (Å²) in [6.07, 6.45) is 3.91. The molecule has 0 aromatic heterocycles. The number of hydrogen-bond donors (Lipinski definition) is 2. The average molecular weight is 352 g/mol. The minimum atomic E-state index is -0.189. The Kier molecular flexibility index (Phi) is 4.84. The molecule has 0 saturated heterocycles. The van der Waals surface area contributed by atoms with Gasteiger partial charge in [0.25, 0.3) is 0 Å². The van der Waals surface area contributed by atoms with Gasteiger partial charge in [-0.15, -0.1) is 0 Å².